The first-order valence-corrected chi connectivity index (χ1v) is 7.09. The van der Waals surface area contributed by atoms with Gasteiger partial charge in [0, 0.05) is 52.9 Å². The molecule has 0 heterocycles. The molecule has 0 radical (unpaired) electrons. The second-order valence-electron chi connectivity index (χ2n) is 5.72. The van der Waals surface area contributed by atoms with E-state index in [2.05, 4.69) is 37.7 Å². The van der Waals surface area contributed by atoms with Crippen LogP contribution in [0.3, 0.4) is 0 Å². The molecule has 0 saturated heterocycles. The van der Waals surface area contributed by atoms with Crippen LogP contribution in [-0.2, 0) is 9.47 Å². The highest BCUT2D eigenvalue weighted by molar-refractivity contribution is 4.76. The van der Waals surface area contributed by atoms with Gasteiger partial charge < -0.3 is 20.1 Å². The third kappa shape index (κ3) is 8.55. The second kappa shape index (κ2) is 10.6. The first kappa shape index (κ1) is 18.8. The van der Waals surface area contributed by atoms with Gasteiger partial charge in [0.25, 0.3) is 0 Å². The van der Waals surface area contributed by atoms with Crippen molar-refractivity contribution >= 4 is 0 Å². The Morgan fingerprint density at radius 2 is 1.63 bits per heavy atom. The van der Waals surface area contributed by atoms with Crippen LogP contribution in [0.2, 0.25) is 0 Å². The standard InChI is InChI=1S/C14H33N3O2/c1-12(2)11-17(8-7-16(3)4)13(10-15)9-14(18-5)19-6/h12-14H,7-11,15H2,1-6H3. The molecule has 0 aliphatic rings. The van der Waals surface area contributed by atoms with E-state index in [-0.39, 0.29) is 6.29 Å². The summed E-state index contributed by atoms with van der Waals surface area (Å²) >= 11 is 0. The lowest BCUT2D eigenvalue weighted by atomic mass is 10.1. The van der Waals surface area contributed by atoms with E-state index in [1.165, 1.54) is 0 Å². The first-order chi connectivity index (χ1) is 8.94. The van der Waals surface area contributed by atoms with Crippen molar-refractivity contribution < 1.29 is 9.47 Å². The van der Waals surface area contributed by atoms with Crippen LogP contribution in [0.1, 0.15) is 20.3 Å². The molecule has 0 saturated carbocycles. The van der Waals surface area contributed by atoms with Crippen LogP contribution < -0.4 is 5.73 Å². The van der Waals surface area contributed by atoms with Crippen LogP contribution in [0.4, 0.5) is 0 Å². The maximum Gasteiger partial charge on any atom is 0.158 e. The van der Waals surface area contributed by atoms with E-state index in [1.54, 1.807) is 14.2 Å². The van der Waals surface area contributed by atoms with Crippen molar-refractivity contribution in [1.29, 1.82) is 0 Å². The molecular formula is C14H33N3O2. The molecule has 0 aromatic carbocycles. The van der Waals surface area contributed by atoms with Crippen LogP contribution in [0, 0.1) is 5.92 Å². The fourth-order valence-corrected chi connectivity index (χ4v) is 2.13. The van der Waals surface area contributed by atoms with E-state index in [1.807, 2.05) is 0 Å². The SMILES string of the molecule is COC(CC(CN)N(CCN(C)C)CC(C)C)OC. The van der Waals surface area contributed by atoms with Crippen molar-refractivity contribution in [2.24, 2.45) is 11.7 Å². The van der Waals surface area contributed by atoms with Gasteiger partial charge in [-0.3, -0.25) is 4.90 Å². The van der Waals surface area contributed by atoms with Crippen molar-refractivity contribution in [2.75, 3.05) is 54.5 Å². The normalized spacial score (nSPS) is 14.1. The zero-order valence-electron chi connectivity index (χ0n) is 13.6. The Kier molecular flexibility index (Phi) is 10.5. The summed E-state index contributed by atoms with van der Waals surface area (Å²) in [6, 6.07) is 0.298. The molecule has 1 unspecified atom stereocenters. The molecule has 0 aliphatic carbocycles. The van der Waals surface area contributed by atoms with Crippen LogP contribution >= 0.6 is 0 Å². The third-order valence-electron chi connectivity index (χ3n) is 3.21. The Morgan fingerprint density at radius 3 is 2.00 bits per heavy atom. The molecule has 0 aromatic rings. The van der Waals surface area contributed by atoms with Crippen molar-refractivity contribution in [2.45, 2.75) is 32.6 Å². The summed E-state index contributed by atoms with van der Waals surface area (Å²) < 4.78 is 10.6. The smallest absolute Gasteiger partial charge is 0.158 e. The Balaban J connectivity index is 4.55. The minimum absolute atomic E-state index is 0.178. The predicted molar refractivity (Wildman–Crippen MR) is 80.2 cm³/mol. The largest absolute Gasteiger partial charge is 0.356 e. The minimum atomic E-state index is -0.178. The fourth-order valence-electron chi connectivity index (χ4n) is 2.13. The Bertz CT molecular complexity index is 209. The number of hydrogen-bond donors (Lipinski definition) is 1. The Hall–Kier alpha value is -0.200. The summed E-state index contributed by atoms with van der Waals surface area (Å²) in [4.78, 5) is 4.65. The van der Waals surface area contributed by atoms with Gasteiger partial charge in [0.05, 0.1) is 0 Å². The van der Waals surface area contributed by atoms with Crippen LogP contribution in [-0.4, -0.2) is 76.6 Å². The van der Waals surface area contributed by atoms with Crippen molar-refractivity contribution in [3.8, 4) is 0 Å². The highest BCUT2D eigenvalue weighted by Crippen LogP contribution is 2.12. The van der Waals surface area contributed by atoms with Gasteiger partial charge in [0.1, 0.15) is 0 Å². The molecule has 5 nitrogen and oxygen atoms in total. The van der Waals surface area contributed by atoms with E-state index in [0.717, 1.165) is 26.1 Å². The fraction of sp³-hybridized carbons (Fsp3) is 1.00. The number of likely N-dealkylation sites (N-methyl/N-ethyl adjacent to an activating group) is 1. The van der Waals surface area contributed by atoms with E-state index < -0.39 is 0 Å². The number of rotatable bonds is 11. The lowest BCUT2D eigenvalue weighted by molar-refractivity contribution is -0.117. The number of hydrogen-bond acceptors (Lipinski definition) is 5. The lowest BCUT2D eigenvalue weighted by Gasteiger charge is -2.34. The van der Waals surface area contributed by atoms with Gasteiger partial charge in [-0.15, -0.1) is 0 Å². The molecule has 5 heteroatoms. The highest BCUT2D eigenvalue weighted by atomic mass is 16.7. The number of nitrogens with zero attached hydrogens (tertiary/aromatic N) is 2. The second-order valence-corrected chi connectivity index (χ2v) is 5.72. The van der Waals surface area contributed by atoms with E-state index in [4.69, 9.17) is 15.2 Å². The number of ether oxygens (including phenoxy) is 2. The number of nitrogens with two attached hydrogens (primary N) is 1. The molecule has 0 aliphatic heterocycles. The van der Waals surface area contributed by atoms with E-state index in [9.17, 15) is 0 Å². The van der Waals surface area contributed by atoms with Crippen molar-refractivity contribution in [3.05, 3.63) is 0 Å². The summed E-state index contributed by atoms with van der Waals surface area (Å²) in [6.45, 7) is 8.21. The molecule has 19 heavy (non-hydrogen) atoms. The Labute approximate surface area is 119 Å². The summed E-state index contributed by atoms with van der Waals surface area (Å²) in [5, 5.41) is 0. The van der Waals surface area contributed by atoms with Gasteiger partial charge in [-0.1, -0.05) is 13.8 Å². The Morgan fingerprint density at radius 1 is 1.05 bits per heavy atom. The highest BCUT2D eigenvalue weighted by Gasteiger charge is 2.22. The van der Waals surface area contributed by atoms with Crippen LogP contribution in [0.5, 0.6) is 0 Å². The molecule has 0 spiro atoms. The summed E-state index contributed by atoms with van der Waals surface area (Å²) in [7, 11) is 7.54. The quantitative estimate of drug-likeness (QED) is 0.566. The van der Waals surface area contributed by atoms with Gasteiger partial charge in [-0.2, -0.15) is 0 Å². The molecular weight excluding hydrogens is 242 g/mol. The summed E-state index contributed by atoms with van der Waals surface area (Å²) in [6.07, 6.45) is 0.631. The predicted octanol–water partition coefficient (Wildman–Crippen LogP) is 0.842. The average Bonchev–Trinajstić information content (AvgIpc) is 2.36. The average molecular weight is 275 g/mol. The van der Waals surface area contributed by atoms with Gasteiger partial charge in [-0.25, -0.2) is 0 Å². The van der Waals surface area contributed by atoms with Gasteiger partial charge in [0.15, 0.2) is 6.29 Å². The zero-order valence-corrected chi connectivity index (χ0v) is 13.6. The molecule has 0 aromatic heterocycles. The molecule has 2 N–H and O–H groups in total. The molecule has 116 valence electrons. The minimum Gasteiger partial charge on any atom is -0.356 e. The summed E-state index contributed by atoms with van der Waals surface area (Å²) in [5.74, 6) is 0.625. The maximum atomic E-state index is 5.95. The lowest BCUT2D eigenvalue weighted by Crippen LogP contribution is -2.47. The topological polar surface area (TPSA) is 51.0 Å². The van der Waals surface area contributed by atoms with Crippen molar-refractivity contribution in [3.63, 3.8) is 0 Å². The monoisotopic (exact) mass is 275 g/mol. The first-order valence-electron chi connectivity index (χ1n) is 7.09. The van der Waals surface area contributed by atoms with Crippen LogP contribution in [0.25, 0.3) is 0 Å². The maximum absolute atomic E-state index is 5.95. The van der Waals surface area contributed by atoms with Gasteiger partial charge in [0.2, 0.25) is 0 Å². The summed E-state index contributed by atoms with van der Waals surface area (Å²) in [5.41, 5.74) is 5.95. The molecule has 0 bridgehead atoms. The van der Waals surface area contributed by atoms with Gasteiger partial charge >= 0.3 is 0 Å². The van der Waals surface area contributed by atoms with Gasteiger partial charge in [-0.05, 0) is 20.0 Å². The molecule has 0 fully saturated rings. The van der Waals surface area contributed by atoms with E-state index >= 15 is 0 Å². The molecule has 0 amide bonds. The zero-order chi connectivity index (χ0) is 14.8. The van der Waals surface area contributed by atoms with E-state index in [0.29, 0.717) is 18.5 Å². The molecule has 0 rings (SSSR count). The molecule has 1 atom stereocenters. The number of methoxy groups -OCH3 is 2. The van der Waals surface area contributed by atoms with Crippen molar-refractivity contribution in [1.82, 2.24) is 9.80 Å². The third-order valence-corrected chi connectivity index (χ3v) is 3.21. The van der Waals surface area contributed by atoms with Crippen LogP contribution in [0.15, 0.2) is 0 Å².